The van der Waals surface area contributed by atoms with E-state index in [2.05, 4.69) is 5.32 Å². The fourth-order valence-corrected chi connectivity index (χ4v) is 2.21. The Labute approximate surface area is 148 Å². The van der Waals surface area contributed by atoms with Gasteiger partial charge in [0.25, 0.3) is 5.91 Å². The maximum Gasteiger partial charge on any atom is 0.305 e. The Bertz CT molecular complexity index is 668. The van der Waals surface area contributed by atoms with Crippen LogP contribution in [0.15, 0.2) is 54.6 Å². The third-order valence-electron chi connectivity index (χ3n) is 3.51. The number of amides is 1. The zero-order valence-corrected chi connectivity index (χ0v) is 14.4. The average Bonchev–Trinajstić information content (AvgIpc) is 2.65. The minimum Gasteiger partial charge on any atom is -0.489 e. The van der Waals surface area contributed by atoms with Crippen LogP contribution in [0.4, 0.5) is 0 Å². The lowest BCUT2D eigenvalue weighted by atomic mass is 10.2. The van der Waals surface area contributed by atoms with Gasteiger partial charge in [0.1, 0.15) is 12.4 Å². The molecule has 0 fully saturated rings. The van der Waals surface area contributed by atoms with Gasteiger partial charge in [0.15, 0.2) is 0 Å². The van der Waals surface area contributed by atoms with Crippen molar-refractivity contribution >= 4 is 11.9 Å². The molecule has 2 aromatic carbocycles. The van der Waals surface area contributed by atoms with Crippen molar-refractivity contribution in [1.29, 1.82) is 0 Å². The highest BCUT2D eigenvalue weighted by molar-refractivity contribution is 5.94. The standard InChI is InChI=1S/C20H23NO4/c1-2-24-19(22)9-6-14-21-20(23)17-10-12-18(13-11-17)25-15-16-7-4-3-5-8-16/h3-5,7-8,10-13H,2,6,9,14-15H2,1H3,(H,21,23). The van der Waals surface area contributed by atoms with Crippen LogP contribution in [0.3, 0.4) is 0 Å². The topological polar surface area (TPSA) is 64.6 Å². The summed E-state index contributed by atoms with van der Waals surface area (Å²) in [6.07, 6.45) is 0.864. The Kier molecular flexibility index (Phi) is 7.50. The fraction of sp³-hybridized carbons (Fsp3) is 0.300. The molecule has 0 saturated heterocycles. The summed E-state index contributed by atoms with van der Waals surface area (Å²) >= 11 is 0. The molecule has 1 N–H and O–H groups in total. The molecule has 0 unspecified atom stereocenters. The smallest absolute Gasteiger partial charge is 0.305 e. The van der Waals surface area contributed by atoms with Gasteiger partial charge in [-0.2, -0.15) is 0 Å². The van der Waals surface area contributed by atoms with E-state index in [4.69, 9.17) is 9.47 Å². The molecule has 1 amide bonds. The van der Waals surface area contributed by atoms with E-state index in [1.54, 1.807) is 31.2 Å². The summed E-state index contributed by atoms with van der Waals surface area (Å²) < 4.78 is 10.5. The van der Waals surface area contributed by atoms with Gasteiger partial charge >= 0.3 is 5.97 Å². The third-order valence-corrected chi connectivity index (χ3v) is 3.51. The summed E-state index contributed by atoms with van der Waals surface area (Å²) in [5.41, 5.74) is 1.65. The van der Waals surface area contributed by atoms with Crippen LogP contribution in [0.25, 0.3) is 0 Å². The molecule has 25 heavy (non-hydrogen) atoms. The molecule has 0 aliphatic heterocycles. The van der Waals surface area contributed by atoms with E-state index in [0.717, 1.165) is 5.56 Å². The van der Waals surface area contributed by atoms with Crippen LogP contribution in [0, 0.1) is 0 Å². The molecule has 0 aliphatic rings. The number of nitrogens with one attached hydrogen (secondary N) is 1. The molecular weight excluding hydrogens is 318 g/mol. The Hall–Kier alpha value is -2.82. The van der Waals surface area contributed by atoms with E-state index in [1.165, 1.54) is 0 Å². The minimum absolute atomic E-state index is 0.168. The predicted octanol–water partition coefficient (Wildman–Crippen LogP) is 3.34. The van der Waals surface area contributed by atoms with Crippen LogP contribution < -0.4 is 10.1 Å². The SMILES string of the molecule is CCOC(=O)CCCNC(=O)c1ccc(OCc2ccccc2)cc1. The molecule has 0 heterocycles. The Morgan fingerprint density at radius 3 is 2.40 bits per heavy atom. The zero-order valence-electron chi connectivity index (χ0n) is 14.4. The second kappa shape index (κ2) is 10.1. The van der Waals surface area contributed by atoms with Crippen molar-refractivity contribution in [1.82, 2.24) is 5.32 Å². The van der Waals surface area contributed by atoms with Crippen molar-refractivity contribution in [3.8, 4) is 5.75 Å². The lowest BCUT2D eigenvalue weighted by molar-refractivity contribution is -0.143. The Morgan fingerprint density at radius 2 is 1.72 bits per heavy atom. The van der Waals surface area contributed by atoms with Gasteiger partial charge in [0.05, 0.1) is 6.61 Å². The number of benzene rings is 2. The van der Waals surface area contributed by atoms with Gasteiger partial charge in [-0.05, 0) is 43.2 Å². The normalized spacial score (nSPS) is 10.1. The second-order valence-electron chi connectivity index (χ2n) is 5.46. The first-order valence-corrected chi connectivity index (χ1v) is 8.39. The zero-order chi connectivity index (χ0) is 17.9. The van der Waals surface area contributed by atoms with E-state index < -0.39 is 0 Å². The summed E-state index contributed by atoms with van der Waals surface area (Å²) in [5.74, 6) is 0.304. The number of esters is 1. The van der Waals surface area contributed by atoms with E-state index in [0.29, 0.717) is 43.9 Å². The van der Waals surface area contributed by atoms with Crippen molar-refractivity contribution < 1.29 is 19.1 Å². The number of carbonyl (C=O) groups excluding carboxylic acids is 2. The molecule has 0 radical (unpaired) electrons. The molecule has 132 valence electrons. The lowest BCUT2D eigenvalue weighted by Gasteiger charge is -2.08. The molecule has 5 heteroatoms. The van der Waals surface area contributed by atoms with Gasteiger partial charge in [-0.15, -0.1) is 0 Å². The summed E-state index contributed by atoms with van der Waals surface area (Å²) in [5, 5.41) is 2.79. The predicted molar refractivity (Wildman–Crippen MR) is 95.4 cm³/mol. The minimum atomic E-state index is -0.239. The van der Waals surface area contributed by atoms with Crippen LogP contribution in [-0.2, 0) is 16.1 Å². The van der Waals surface area contributed by atoms with Gasteiger partial charge in [-0.1, -0.05) is 30.3 Å². The highest BCUT2D eigenvalue weighted by Crippen LogP contribution is 2.14. The maximum atomic E-state index is 12.0. The van der Waals surface area contributed by atoms with Crippen LogP contribution >= 0.6 is 0 Å². The highest BCUT2D eigenvalue weighted by atomic mass is 16.5. The van der Waals surface area contributed by atoms with Gasteiger partial charge in [-0.25, -0.2) is 0 Å². The van der Waals surface area contributed by atoms with Crippen molar-refractivity contribution in [2.75, 3.05) is 13.2 Å². The average molecular weight is 341 g/mol. The summed E-state index contributed by atoms with van der Waals surface area (Å²) in [7, 11) is 0. The van der Waals surface area contributed by atoms with E-state index in [-0.39, 0.29) is 11.9 Å². The highest BCUT2D eigenvalue weighted by Gasteiger charge is 2.06. The molecule has 2 rings (SSSR count). The molecule has 0 saturated carbocycles. The van der Waals surface area contributed by atoms with Gasteiger partial charge in [0.2, 0.25) is 0 Å². The Morgan fingerprint density at radius 1 is 1.00 bits per heavy atom. The molecular formula is C20H23NO4. The maximum absolute atomic E-state index is 12.0. The largest absolute Gasteiger partial charge is 0.489 e. The Balaban J connectivity index is 1.73. The first-order chi connectivity index (χ1) is 12.2. The number of ether oxygens (including phenoxy) is 2. The van der Waals surface area contributed by atoms with Crippen LogP contribution in [0.2, 0.25) is 0 Å². The number of carbonyl (C=O) groups is 2. The molecule has 0 bridgehead atoms. The molecule has 5 nitrogen and oxygen atoms in total. The van der Waals surface area contributed by atoms with Gasteiger partial charge in [-0.3, -0.25) is 9.59 Å². The van der Waals surface area contributed by atoms with Crippen LogP contribution in [0.5, 0.6) is 5.75 Å². The van der Waals surface area contributed by atoms with Crippen LogP contribution in [0.1, 0.15) is 35.7 Å². The van der Waals surface area contributed by atoms with Crippen LogP contribution in [-0.4, -0.2) is 25.0 Å². The summed E-state index contributed by atoms with van der Waals surface area (Å²) in [4.78, 5) is 23.2. The molecule has 0 spiro atoms. The van der Waals surface area contributed by atoms with E-state index in [9.17, 15) is 9.59 Å². The third kappa shape index (κ3) is 6.67. The summed E-state index contributed by atoms with van der Waals surface area (Å²) in [6, 6.07) is 16.9. The van der Waals surface area contributed by atoms with Crippen molar-refractivity contribution in [3.05, 3.63) is 65.7 Å². The molecule has 0 aliphatic carbocycles. The second-order valence-corrected chi connectivity index (χ2v) is 5.46. The molecule has 0 atom stereocenters. The lowest BCUT2D eigenvalue weighted by Crippen LogP contribution is -2.25. The number of hydrogen-bond donors (Lipinski definition) is 1. The first-order valence-electron chi connectivity index (χ1n) is 8.39. The molecule has 2 aromatic rings. The first kappa shape index (κ1) is 18.5. The monoisotopic (exact) mass is 341 g/mol. The quantitative estimate of drug-likeness (QED) is 0.561. The number of hydrogen-bond acceptors (Lipinski definition) is 4. The van der Waals surface area contributed by atoms with Crippen molar-refractivity contribution in [2.45, 2.75) is 26.4 Å². The molecule has 0 aromatic heterocycles. The van der Waals surface area contributed by atoms with Gasteiger partial charge in [0, 0.05) is 18.5 Å². The van der Waals surface area contributed by atoms with E-state index in [1.807, 2.05) is 30.3 Å². The van der Waals surface area contributed by atoms with Crippen molar-refractivity contribution in [3.63, 3.8) is 0 Å². The number of rotatable bonds is 9. The summed E-state index contributed by atoms with van der Waals surface area (Å²) in [6.45, 7) is 3.07. The van der Waals surface area contributed by atoms with E-state index >= 15 is 0 Å². The van der Waals surface area contributed by atoms with Gasteiger partial charge < -0.3 is 14.8 Å². The fourth-order valence-electron chi connectivity index (χ4n) is 2.21. The van der Waals surface area contributed by atoms with Crippen molar-refractivity contribution in [2.24, 2.45) is 0 Å².